The van der Waals surface area contributed by atoms with Gasteiger partial charge in [-0.25, -0.2) is 0 Å². The zero-order valence-corrected chi connectivity index (χ0v) is 26.8. The van der Waals surface area contributed by atoms with Crippen molar-refractivity contribution in [2.45, 2.75) is 95.4 Å². The second kappa shape index (κ2) is 14.4. The first-order valence-corrected chi connectivity index (χ1v) is 16.6. The molecule has 4 aliphatic heterocycles. The molecule has 7 N–H and O–H groups in total. The molecular weight excluding hydrogens is 596 g/mol. The van der Waals surface area contributed by atoms with Crippen LogP contribution in [0.2, 0.25) is 0 Å². The topological polar surface area (TPSA) is 161 Å². The Morgan fingerprint density at radius 3 is 2.85 bits per heavy atom. The third-order valence-corrected chi connectivity index (χ3v) is 9.42. The normalized spacial score (nSPS) is 22.7. The first kappa shape index (κ1) is 32.9. The van der Waals surface area contributed by atoms with Crippen molar-refractivity contribution < 1.29 is 30.0 Å². The van der Waals surface area contributed by atoms with E-state index in [-0.39, 0.29) is 49.1 Å². The summed E-state index contributed by atoms with van der Waals surface area (Å²) in [6.45, 7) is 3.29. The minimum absolute atomic E-state index is 0.00352. The van der Waals surface area contributed by atoms with Crippen LogP contribution in [0.5, 0.6) is 11.5 Å². The van der Waals surface area contributed by atoms with Gasteiger partial charge in [0.25, 0.3) is 0 Å². The van der Waals surface area contributed by atoms with Gasteiger partial charge in [0.2, 0.25) is 0 Å². The van der Waals surface area contributed by atoms with Crippen LogP contribution in [-0.2, 0) is 24.1 Å². The lowest BCUT2D eigenvalue weighted by Crippen LogP contribution is -2.36. The summed E-state index contributed by atoms with van der Waals surface area (Å²) in [7, 11) is 0. The van der Waals surface area contributed by atoms with E-state index in [1.54, 1.807) is 18.2 Å². The number of ketones is 1. The van der Waals surface area contributed by atoms with E-state index in [4.69, 9.17) is 15.5 Å². The Bertz CT molecular complexity index is 1670. The molecule has 0 radical (unpaired) electrons. The summed E-state index contributed by atoms with van der Waals surface area (Å²) in [5.74, 6) is 6.32. The van der Waals surface area contributed by atoms with Gasteiger partial charge >= 0.3 is 0 Å². The monoisotopic (exact) mass is 640 g/mol. The van der Waals surface area contributed by atoms with Crippen molar-refractivity contribution in [3.05, 3.63) is 81.2 Å². The zero-order valence-electron chi connectivity index (χ0n) is 26.8. The van der Waals surface area contributed by atoms with Crippen LogP contribution in [0.1, 0.15) is 85.5 Å². The summed E-state index contributed by atoms with van der Waals surface area (Å²) in [5, 5.41) is 45.5. The van der Waals surface area contributed by atoms with E-state index in [1.165, 1.54) is 5.56 Å². The van der Waals surface area contributed by atoms with Crippen molar-refractivity contribution >= 4 is 12.0 Å². The quantitative estimate of drug-likeness (QED) is 0.203. The van der Waals surface area contributed by atoms with Crippen molar-refractivity contribution in [2.24, 2.45) is 10.7 Å². The number of Topliss-reactive ketones (excluding diaryl/α,β-unsaturated/α-hetero) is 1. The molecule has 6 rings (SSSR count). The number of rotatable bonds is 11. The number of nitrogens with zero attached hydrogens (tertiary/aromatic N) is 2. The lowest BCUT2D eigenvalue weighted by Gasteiger charge is -2.29. The fourth-order valence-electron chi connectivity index (χ4n) is 6.92. The Balaban J connectivity index is 1.20. The highest BCUT2D eigenvalue weighted by molar-refractivity contribution is 5.88. The van der Waals surface area contributed by atoms with Gasteiger partial charge in [0.15, 0.2) is 17.7 Å². The number of nitrogens with one attached hydrogen (secondary N) is 1. The number of aliphatic hydroxyl groups excluding tert-OH is 3. The molecule has 2 aromatic carbocycles. The number of carbonyl (C=O) groups is 1. The average Bonchev–Trinajstić information content (AvgIpc) is 3.62. The summed E-state index contributed by atoms with van der Waals surface area (Å²) in [4.78, 5) is 19.3. The molecule has 0 aliphatic carbocycles. The first-order chi connectivity index (χ1) is 22.7. The van der Waals surface area contributed by atoms with Crippen LogP contribution in [0.25, 0.3) is 0 Å². The van der Waals surface area contributed by atoms with Gasteiger partial charge in [-0.05, 0) is 71.2 Å². The Morgan fingerprint density at radius 1 is 1.19 bits per heavy atom. The molecular formula is C37H44N4O6. The largest absolute Gasteiger partial charge is 0.504 e. The Hall–Kier alpha value is -3.98. The molecule has 0 saturated heterocycles. The van der Waals surface area contributed by atoms with Gasteiger partial charge < -0.3 is 35.8 Å². The third-order valence-electron chi connectivity index (χ3n) is 9.42. The molecule has 47 heavy (non-hydrogen) atoms. The molecule has 248 valence electrons. The van der Waals surface area contributed by atoms with E-state index in [0.717, 1.165) is 58.5 Å². The number of aliphatic hydroxyl groups is 3. The smallest absolute Gasteiger partial charge is 0.183 e. The van der Waals surface area contributed by atoms with Gasteiger partial charge in [0.05, 0.1) is 30.5 Å². The maximum atomic E-state index is 12.6. The molecule has 4 heterocycles. The van der Waals surface area contributed by atoms with Crippen LogP contribution in [0, 0.1) is 11.8 Å². The van der Waals surface area contributed by atoms with Gasteiger partial charge in [-0.2, -0.15) is 0 Å². The Morgan fingerprint density at radius 2 is 2.02 bits per heavy atom. The highest BCUT2D eigenvalue weighted by Crippen LogP contribution is 2.38. The van der Waals surface area contributed by atoms with Crippen LogP contribution >= 0.6 is 0 Å². The lowest BCUT2D eigenvalue weighted by atomic mass is 9.85. The second-order valence-electron chi connectivity index (χ2n) is 12.9. The van der Waals surface area contributed by atoms with E-state index in [0.29, 0.717) is 25.8 Å². The number of phenols is 1. The molecule has 0 fully saturated rings. The summed E-state index contributed by atoms with van der Waals surface area (Å²) >= 11 is 0. The fourth-order valence-corrected chi connectivity index (χ4v) is 6.92. The van der Waals surface area contributed by atoms with Crippen LogP contribution in [0.15, 0.2) is 58.4 Å². The van der Waals surface area contributed by atoms with Crippen molar-refractivity contribution in [3.63, 3.8) is 0 Å². The SMILES string of the molecule is CCC[C@H](O)C[C@@H](O)CC(=O)CCc1ccc(O)c(O[C@H]2CC#C[C@H](O)c3ccc4c(c3CC3=C5CN2C=C5N=C3)CCN[C@H]4N)c1. The molecule has 10 heteroatoms. The average molecular weight is 641 g/mol. The molecule has 10 nitrogen and oxygen atoms in total. The molecule has 2 aromatic rings. The van der Waals surface area contributed by atoms with Crippen LogP contribution in [0.4, 0.5) is 0 Å². The molecule has 0 spiro atoms. The highest BCUT2D eigenvalue weighted by atomic mass is 16.5. The van der Waals surface area contributed by atoms with E-state index in [9.17, 15) is 25.2 Å². The molecule has 0 amide bonds. The van der Waals surface area contributed by atoms with Crippen molar-refractivity contribution in [1.82, 2.24) is 10.2 Å². The number of carbonyl (C=O) groups excluding carboxylic acids is 1. The number of fused-ring (bicyclic) bond motifs is 4. The van der Waals surface area contributed by atoms with Gasteiger partial charge in [-0.15, -0.1) is 0 Å². The fraction of sp³-hybridized carbons (Fsp3) is 0.459. The van der Waals surface area contributed by atoms with E-state index in [1.807, 2.05) is 36.4 Å². The number of aryl methyl sites for hydroxylation is 1. The van der Waals surface area contributed by atoms with Gasteiger partial charge in [-0.1, -0.05) is 43.4 Å². The number of hydrogen-bond donors (Lipinski definition) is 6. The molecule has 4 aliphatic rings. The van der Waals surface area contributed by atoms with Crippen LogP contribution in [0.3, 0.4) is 0 Å². The minimum atomic E-state index is -0.992. The van der Waals surface area contributed by atoms with Crippen LogP contribution < -0.4 is 15.8 Å². The molecule has 0 saturated carbocycles. The number of benzene rings is 2. The maximum Gasteiger partial charge on any atom is 0.183 e. The van der Waals surface area contributed by atoms with Crippen molar-refractivity contribution in [2.75, 3.05) is 13.1 Å². The van der Waals surface area contributed by atoms with E-state index in [2.05, 4.69) is 17.2 Å². The summed E-state index contributed by atoms with van der Waals surface area (Å²) < 4.78 is 6.40. The Labute approximate surface area is 275 Å². The molecule has 0 aromatic heterocycles. The van der Waals surface area contributed by atoms with Crippen molar-refractivity contribution in [3.8, 4) is 23.3 Å². The van der Waals surface area contributed by atoms with Gasteiger partial charge in [0.1, 0.15) is 11.9 Å². The maximum absolute atomic E-state index is 12.6. The number of ether oxygens (including phenoxy) is 1. The summed E-state index contributed by atoms with van der Waals surface area (Å²) in [5.41, 5.74) is 14.3. The first-order valence-electron chi connectivity index (χ1n) is 16.6. The van der Waals surface area contributed by atoms with Crippen LogP contribution in [-0.4, -0.2) is 68.8 Å². The molecule has 5 atom stereocenters. The predicted molar refractivity (Wildman–Crippen MR) is 178 cm³/mol. The van der Waals surface area contributed by atoms with Crippen molar-refractivity contribution in [1.29, 1.82) is 0 Å². The van der Waals surface area contributed by atoms with E-state index < -0.39 is 24.5 Å². The Kier molecular flexibility index (Phi) is 10.1. The number of aromatic hydroxyl groups is 1. The standard InChI is InChI=1S/C37H44N4O6/c1-2-4-24(42)17-26(44)18-25(43)9-7-22-8-12-34(46)35(15-22)47-36-6-3-5-33(45)28-10-11-29-27(13-14-39-37(29)38)30(28)16-23-19-40-32-21-41(36)20-31(23)32/h8,10-12,15,19,21,24,26,33,36-37,39,42,44-46H,2,4,6-7,9,13-14,16-18,20,38H2,1H3/t24-,26+,33-,36-,37+/m0/s1. The summed E-state index contributed by atoms with van der Waals surface area (Å²) in [6, 6.07) is 8.95. The molecule has 0 unspecified atom stereocenters. The summed E-state index contributed by atoms with van der Waals surface area (Å²) in [6.07, 6.45) is 4.49. The number of phenolic OH excluding ortho intramolecular Hbond substituents is 1. The molecule has 2 bridgehead atoms. The third kappa shape index (κ3) is 7.45. The van der Waals surface area contributed by atoms with Gasteiger partial charge in [0, 0.05) is 50.3 Å². The van der Waals surface area contributed by atoms with E-state index >= 15 is 0 Å². The number of hydrogen-bond acceptors (Lipinski definition) is 10. The zero-order chi connectivity index (χ0) is 33.1. The lowest BCUT2D eigenvalue weighted by molar-refractivity contribution is -0.121. The highest BCUT2D eigenvalue weighted by Gasteiger charge is 2.32. The van der Waals surface area contributed by atoms with Gasteiger partial charge in [-0.3, -0.25) is 15.1 Å². The number of aliphatic imine (C=N–C) groups is 1. The predicted octanol–water partition coefficient (Wildman–Crippen LogP) is 3.23. The minimum Gasteiger partial charge on any atom is -0.504 e. The number of allylic oxidation sites excluding steroid dienone is 1. The number of nitrogens with two attached hydrogens (primary N) is 1. The second-order valence-corrected chi connectivity index (χ2v) is 12.9.